The highest BCUT2D eigenvalue weighted by atomic mass is 16.5. The van der Waals surface area contributed by atoms with Gasteiger partial charge in [-0.05, 0) is 43.5 Å². The smallest absolute Gasteiger partial charge is 0.125 e. The summed E-state index contributed by atoms with van der Waals surface area (Å²) in [6.07, 6.45) is 1.80. The summed E-state index contributed by atoms with van der Waals surface area (Å²) in [5.74, 6) is 1.06. The molecule has 0 bridgehead atoms. The minimum Gasteiger partial charge on any atom is -0.508 e. The summed E-state index contributed by atoms with van der Waals surface area (Å²) in [5, 5.41) is 19.6. The highest BCUT2D eigenvalue weighted by molar-refractivity contribution is 5.38. The average molecular weight is 284 g/mol. The molecular weight excluding hydrogens is 264 g/mol. The van der Waals surface area contributed by atoms with E-state index in [9.17, 15) is 10.2 Å². The average Bonchev–Trinajstić information content (AvgIpc) is 2.47. The predicted octanol–water partition coefficient (Wildman–Crippen LogP) is 3.60. The van der Waals surface area contributed by atoms with Crippen molar-refractivity contribution in [3.63, 3.8) is 0 Å². The minimum absolute atomic E-state index is 0.281. The molecule has 2 aromatic carbocycles. The molecule has 0 saturated carbocycles. The number of phenolic OH excluding ortho intramolecular Hbond substituents is 1. The number of hydrogen-bond donors (Lipinski definition) is 2. The summed E-state index contributed by atoms with van der Waals surface area (Å²) in [7, 11) is 0. The highest BCUT2D eigenvalue weighted by Gasteiger charge is 2.35. The zero-order chi connectivity index (χ0) is 14.9. The predicted molar refractivity (Wildman–Crippen MR) is 81.5 cm³/mol. The van der Waals surface area contributed by atoms with E-state index in [1.54, 1.807) is 12.1 Å². The second-order valence-corrected chi connectivity index (χ2v) is 5.98. The van der Waals surface area contributed by atoms with E-state index in [1.165, 1.54) is 0 Å². The van der Waals surface area contributed by atoms with Gasteiger partial charge in [-0.15, -0.1) is 0 Å². The number of aromatic hydroxyl groups is 1. The van der Waals surface area contributed by atoms with Crippen molar-refractivity contribution in [2.24, 2.45) is 0 Å². The molecule has 3 heteroatoms. The van der Waals surface area contributed by atoms with E-state index in [4.69, 9.17) is 4.74 Å². The summed E-state index contributed by atoms with van der Waals surface area (Å²) in [6.45, 7) is 2.05. The van der Waals surface area contributed by atoms with Crippen molar-refractivity contribution in [2.75, 3.05) is 0 Å². The third-order valence-electron chi connectivity index (χ3n) is 4.14. The topological polar surface area (TPSA) is 49.7 Å². The van der Waals surface area contributed by atoms with Crippen LogP contribution < -0.4 is 4.74 Å². The van der Waals surface area contributed by atoms with Crippen molar-refractivity contribution in [2.45, 2.75) is 37.9 Å². The maximum Gasteiger partial charge on any atom is 0.125 e. The number of rotatable bonds is 3. The first kappa shape index (κ1) is 14.0. The van der Waals surface area contributed by atoms with Gasteiger partial charge >= 0.3 is 0 Å². The van der Waals surface area contributed by atoms with Crippen LogP contribution in [0.5, 0.6) is 11.5 Å². The molecule has 0 spiro atoms. The Balaban J connectivity index is 1.72. The van der Waals surface area contributed by atoms with Gasteiger partial charge in [-0.2, -0.15) is 0 Å². The Morgan fingerprint density at radius 1 is 1.14 bits per heavy atom. The number of aryl methyl sites for hydroxylation is 1. The van der Waals surface area contributed by atoms with Crippen LogP contribution in [-0.4, -0.2) is 15.8 Å². The monoisotopic (exact) mass is 284 g/mol. The number of para-hydroxylation sites is 1. The van der Waals surface area contributed by atoms with Crippen molar-refractivity contribution in [1.82, 2.24) is 0 Å². The molecule has 3 nitrogen and oxygen atoms in total. The maximum atomic E-state index is 10.3. The number of aliphatic hydroxyl groups excluding tert-OH is 1. The van der Waals surface area contributed by atoms with E-state index < -0.39 is 6.10 Å². The van der Waals surface area contributed by atoms with Crippen molar-refractivity contribution >= 4 is 0 Å². The molecule has 0 radical (unpaired) electrons. The highest BCUT2D eigenvalue weighted by Crippen LogP contribution is 2.41. The Labute approximate surface area is 124 Å². The molecule has 1 heterocycles. The van der Waals surface area contributed by atoms with Gasteiger partial charge in [0.25, 0.3) is 0 Å². The summed E-state index contributed by atoms with van der Waals surface area (Å²) in [4.78, 5) is 0. The molecule has 110 valence electrons. The first-order valence-corrected chi connectivity index (χ1v) is 7.30. The second kappa shape index (κ2) is 5.41. The van der Waals surface area contributed by atoms with Crippen molar-refractivity contribution in [3.05, 3.63) is 59.7 Å². The van der Waals surface area contributed by atoms with Crippen LogP contribution in [0.25, 0.3) is 0 Å². The fourth-order valence-corrected chi connectivity index (χ4v) is 2.90. The number of fused-ring (bicyclic) bond motifs is 1. The zero-order valence-electron chi connectivity index (χ0n) is 12.1. The van der Waals surface area contributed by atoms with Crippen LogP contribution in [0.15, 0.2) is 48.5 Å². The van der Waals surface area contributed by atoms with Gasteiger partial charge in [-0.3, -0.25) is 0 Å². The summed E-state index contributed by atoms with van der Waals surface area (Å²) in [6, 6.07) is 14.9. The van der Waals surface area contributed by atoms with Crippen molar-refractivity contribution < 1.29 is 14.9 Å². The van der Waals surface area contributed by atoms with E-state index in [-0.39, 0.29) is 11.4 Å². The molecule has 0 aromatic heterocycles. The van der Waals surface area contributed by atoms with Gasteiger partial charge in [-0.1, -0.05) is 30.3 Å². The summed E-state index contributed by atoms with van der Waals surface area (Å²) >= 11 is 0. The van der Waals surface area contributed by atoms with E-state index >= 15 is 0 Å². The van der Waals surface area contributed by atoms with Gasteiger partial charge in [0.2, 0.25) is 0 Å². The Hall–Kier alpha value is -2.00. The Morgan fingerprint density at radius 3 is 2.62 bits per heavy atom. The molecule has 0 saturated heterocycles. The lowest BCUT2D eigenvalue weighted by atomic mass is 9.86. The lowest BCUT2D eigenvalue weighted by molar-refractivity contribution is -0.00670. The second-order valence-electron chi connectivity index (χ2n) is 5.98. The van der Waals surface area contributed by atoms with Crippen LogP contribution in [0, 0.1) is 0 Å². The normalized spacial score (nSPS) is 24.2. The number of hydrogen-bond acceptors (Lipinski definition) is 3. The van der Waals surface area contributed by atoms with Gasteiger partial charge in [0.05, 0.1) is 6.10 Å². The van der Waals surface area contributed by atoms with Crippen LogP contribution in [0.1, 0.15) is 37.0 Å². The van der Waals surface area contributed by atoms with Crippen LogP contribution in [0.4, 0.5) is 0 Å². The minimum atomic E-state index is -0.472. The molecule has 2 aromatic rings. The molecule has 2 unspecified atom stereocenters. The van der Waals surface area contributed by atoms with E-state index in [2.05, 4.69) is 0 Å². The molecule has 2 atom stereocenters. The Morgan fingerprint density at radius 2 is 1.86 bits per heavy atom. The number of phenols is 1. The van der Waals surface area contributed by atoms with Crippen LogP contribution in [0.2, 0.25) is 0 Å². The van der Waals surface area contributed by atoms with Gasteiger partial charge in [-0.25, -0.2) is 0 Å². The zero-order valence-corrected chi connectivity index (χ0v) is 12.1. The van der Waals surface area contributed by atoms with Crippen LogP contribution >= 0.6 is 0 Å². The maximum absolute atomic E-state index is 10.3. The molecule has 3 rings (SSSR count). The van der Waals surface area contributed by atoms with Gasteiger partial charge < -0.3 is 14.9 Å². The molecule has 1 aliphatic heterocycles. The summed E-state index contributed by atoms with van der Waals surface area (Å²) < 4.78 is 6.13. The molecular formula is C18H20O3. The van der Waals surface area contributed by atoms with Crippen molar-refractivity contribution in [3.8, 4) is 11.5 Å². The van der Waals surface area contributed by atoms with Crippen molar-refractivity contribution in [1.29, 1.82) is 0 Å². The Bertz CT molecular complexity index is 621. The molecule has 21 heavy (non-hydrogen) atoms. The van der Waals surface area contributed by atoms with Gasteiger partial charge in [0, 0.05) is 12.0 Å². The third-order valence-corrected chi connectivity index (χ3v) is 4.14. The molecule has 2 N–H and O–H groups in total. The quantitative estimate of drug-likeness (QED) is 0.905. The van der Waals surface area contributed by atoms with E-state index in [1.807, 2.05) is 43.3 Å². The lowest BCUT2D eigenvalue weighted by Gasteiger charge is -2.38. The summed E-state index contributed by atoms with van der Waals surface area (Å²) in [5.41, 5.74) is 1.66. The fourth-order valence-electron chi connectivity index (χ4n) is 2.90. The standard InChI is InChI=1S/C18H20O3/c1-18(11-10-13-6-8-14(19)9-7-13)12-16(20)15-4-2-3-5-17(15)21-18/h2-9,16,19-20H,10-12H2,1H3. The van der Waals surface area contributed by atoms with Gasteiger partial charge in [0.15, 0.2) is 0 Å². The van der Waals surface area contributed by atoms with Crippen LogP contribution in [0.3, 0.4) is 0 Å². The van der Waals surface area contributed by atoms with E-state index in [0.29, 0.717) is 6.42 Å². The largest absolute Gasteiger partial charge is 0.508 e. The van der Waals surface area contributed by atoms with E-state index in [0.717, 1.165) is 29.7 Å². The van der Waals surface area contributed by atoms with Gasteiger partial charge in [0.1, 0.15) is 17.1 Å². The molecule has 0 aliphatic carbocycles. The number of benzene rings is 2. The first-order valence-electron chi connectivity index (χ1n) is 7.30. The Kier molecular flexibility index (Phi) is 3.60. The number of aliphatic hydroxyl groups is 1. The fraction of sp³-hybridized carbons (Fsp3) is 0.333. The molecule has 0 fully saturated rings. The molecule has 1 aliphatic rings. The number of ether oxygens (including phenoxy) is 1. The first-order chi connectivity index (χ1) is 10.1. The molecule has 0 amide bonds. The van der Waals surface area contributed by atoms with Crippen LogP contribution in [-0.2, 0) is 6.42 Å². The SMILES string of the molecule is CC1(CCc2ccc(O)cc2)CC(O)c2ccccc2O1. The lowest BCUT2D eigenvalue weighted by Crippen LogP contribution is -2.38. The third kappa shape index (κ3) is 3.03.